The van der Waals surface area contributed by atoms with Crippen LogP contribution in [-0.4, -0.2) is 18.0 Å². The third-order valence-electron chi connectivity index (χ3n) is 0.630. The summed E-state index contributed by atoms with van der Waals surface area (Å²) in [4.78, 5) is 9.40. The van der Waals surface area contributed by atoms with Gasteiger partial charge >= 0.3 is 0 Å². The van der Waals surface area contributed by atoms with Gasteiger partial charge < -0.3 is 9.90 Å². The molecule has 0 aromatic heterocycles. The first-order valence-electron chi connectivity index (χ1n) is 3.37. The van der Waals surface area contributed by atoms with Gasteiger partial charge in [-0.3, -0.25) is 0 Å². The van der Waals surface area contributed by atoms with E-state index in [4.69, 9.17) is 5.11 Å². The van der Waals surface area contributed by atoms with Crippen LogP contribution in [0.3, 0.4) is 0 Å². The lowest BCUT2D eigenvalue weighted by Crippen LogP contribution is -1.69. The van der Waals surface area contributed by atoms with Crippen molar-refractivity contribution in [2.45, 2.75) is 33.1 Å². The summed E-state index contributed by atoms with van der Waals surface area (Å²) in [5.41, 5.74) is 0. The zero-order chi connectivity index (χ0) is 7.54. The van der Waals surface area contributed by atoms with E-state index in [1.54, 1.807) is 0 Å². The Bertz CT molecular complexity index is 42.2. The molecule has 0 rings (SSSR count). The molecule has 0 aliphatic rings. The van der Waals surface area contributed by atoms with Gasteiger partial charge in [-0.05, 0) is 12.8 Å². The van der Waals surface area contributed by atoms with Gasteiger partial charge in [0.05, 0.1) is 0 Å². The topological polar surface area (TPSA) is 37.3 Å². The van der Waals surface area contributed by atoms with Crippen molar-refractivity contribution in [1.82, 2.24) is 0 Å². The first-order chi connectivity index (χ1) is 4.33. The van der Waals surface area contributed by atoms with Crippen LogP contribution in [0.1, 0.15) is 33.1 Å². The summed E-state index contributed by atoms with van der Waals surface area (Å²) in [6.07, 6.45) is 3.49. The van der Waals surface area contributed by atoms with Crippen LogP contribution in [0, 0.1) is 0 Å². The second-order valence-corrected chi connectivity index (χ2v) is 1.68. The van der Waals surface area contributed by atoms with E-state index in [-0.39, 0.29) is 0 Å². The average Bonchev–Trinajstić information content (AvgIpc) is 1.91. The van der Waals surface area contributed by atoms with Crippen molar-refractivity contribution in [2.75, 3.05) is 6.61 Å². The van der Waals surface area contributed by atoms with Crippen molar-refractivity contribution in [3.8, 4) is 0 Å². The van der Waals surface area contributed by atoms with Crippen LogP contribution in [0.15, 0.2) is 0 Å². The molecule has 0 atom stereocenters. The lowest BCUT2D eigenvalue weighted by atomic mass is 10.4. The van der Waals surface area contributed by atoms with Crippen LogP contribution in [0.2, 0.25) is 0 Å². The van der Waals surface area contributed by atoms with Gasteiger partial charge in [-0.1, -0.05) is 13.8 Å². The van der Waals surface area contributed by atoms with Crippen LogP contribution in [-0.2, 0) is 4.79 Å². The highest BCUT2D eigenvalue weighted by molar-refractivity contribution is 5.48. The molecule has 56 valence electrons. The number of rotatable bonds is 3. The summed E-state index contributed by atoms with van der Waals surface area (Å²) in [6.45, 7) is 4.23. The van der Waals surface area contributed by atoms with Crippen LogP contribution in [0.25, 0.3) is 0 Å². The Kier molecular flexibility index (Phi) is 19.9. The summed E-state index contributed by atoms with van der Waals surface area (Å²) in [5.74, 6) is 0. The van der Waals surface area contributed by atoms with Crippen molar-refractivity contribution in [1.29, 1.82) is 0 Å². The SMILES string of the molecule is CCCC=O.CCCO. The molecule has 0 heterocycles. The van der Waals surface area contributed by atoms with Gasteiger partial charge in [0.15, 0.2) is 0 Å². The van der Waals surface area contributed by atoms with Crippen LogP contribution < -0.4 is 0 Å². The Morgan fingerprint density at radius 2 is 1.78 bits per heavy atom. The third kappa shape index (κ3) is 35.0. The number of carbonyl (C=O) groups excluding carboxylic acids is 1. The number of carbonyl (C=O) groups is 1. The van der Waals surface area contributed by atoms with E-state index < -0.39 is 0 Å². The molecule has 0 unspecified atom stereocenters. The number of aliphatic hydroxyl groups excluding tert-OH is 1. The number of unbranched alkanes of at least 4 members (excludes halogenated alkanes) is 1. The molecule has 0 aromatic rings. The average molecular weight is 132 g/mol. The molecule has 0 aliphatic carbocycles. The highest BCUT2D eigenvalue weighted by atomic mass is 16.2. The molecule has 0 aliphatic heterocycles. The van der Waals surface area contributed by atoms with E-state index in [9.17, 15) is 4.79 Å². The molecular formula is C7H16O2. The molecule has 0 fully saturated rings. The van der Waals surface area contributed by atoms with Gasteiger partial charge in [0.1, 0.15) is 6.29 Å². The first-order valence-corrected chi connectivity index (χ1v) is 3.37. The fourth-order valence-corrected chi connectivity index (χ4v) is 0.118. The minimum atomic E-state index is 0.319. The lowest BCUT2D eigenvalue weighted by molar-refractivity contribution is -0.107. The Labute approximate surface area is 56.9 Å². The van der Waals surface area contributed by atoms with Gasteiger partial charge in [0.2, 0.25) is 0 Å². The molecule has 2 heteroatoms. The van der Waals surface area contributed by atoms with E-state index in [0.29, 0.717) is 13.0 Å². The van der Waals surface area contributed by atoms with Gasteiger partial charge in [0, 0.05) is 13.0 Å². The maximum Gasteiger partial charge on any atom is 0.119 e. The highest BCUT2D eigenvalue weighted by Gasteiger charge is 1.66. The molecule has 0 bridgehead atoms. The van der Waals surface area contributed by atoms with Gasteiger partial charge in [-0.2, -0.15) is 0 Å². The molecule has 9 heavy (non-hydrogen) atoms. The third-order valence-corrected chi connectivity index (χ3v) is 0.630. The minimum Gasteiger partial charge on any atom is -0.396 e. The first kappa shape index (κ1) is 11.4. The predicted octanol–water partition coefficient (Wildman–Crippen LogP) is 1.37. The maximum absolute atomic E-state index is 9.40. The lowest BCUT2D eigenvalue weighted by Gasteiger charge is -1.69. The van der Waals surface area contributed by atoms with Crippen molar-refractivity contribution in [3.05, 3.63) is 0 Å². The monoisotopic (exact) mass is 132 g/mol. The molecule has 1 N–H and O–H groups in total. The van der Waals surface area contributed by atoms with Gasteiger partial charge in [-0.25, -0.2) is 0 Å². The summed E-state index contributed by atoms with van der Waals surface area (Å²) in [5, 5.41) is 7.88. The van der Waals surface area contributed by atoms with E-state index in [1.807, 2.05) is 13.8 Å². The molecule has 0 spiro atoms. The fourth-order valence-electron chi connectivity index (χ4n) is 0.118. The summed E-state index contributed by atoms with van der Waals surface area (Å²) in [6, 6.07) is 0. The zero-order valence-corrected chi connectivity index (χ0v) is 6.26. The van der Waals surface area contributed by atoms with Crippen molar-refractivity contribution in [3.63, 3.8) is 0 Å². The standard InChI is InChI=1S/C4H8O.C3H8O/c1-2-3-4-5;1-2-3-4/h4H,2-3H2,1H3;4H,2-3H2,1H3. The summed E-state index contributed by atoms with van der Waals surface area (Å²) < 4.78 is 0. The number of aldehydes is 1. The van der Waals surface area contributed by atoms with Crippen molar-refractivity contribution < 1.29 is 9.90 Å². The minimum absolute atomic E-state index is 0.319. The van der Waals surface area contributed by atoms with Crippen molar-refractivity contribution in [2.24, 2.45) is 0 Å². The van der Waals surface area contributed by atoms with E-state index in [1.165, 1.54) is 0 Å². The maximum atomic E-state index is 9.40. The predicted molar refractivity (Wildman–Crippen MR) is 38.3 cm³/mol. The van der Waals surface area contributed by atoms with Crippen LogP contribution >= 0.6 is 0 Å². The fraction of sp³-hybridized carbons (Fsp3) is 0.857. The normalized spacial score (nSPS) is 7.44. The second kappa shape index (κ2) is 15.6. The molecule has 0 saturated heterocycles. The number of hydrogen-bond donors (Lipinski definition) is 1. The molecular weight excluding hydrogens is 116 g/mol. The van der Waals surface area contributed by atoms with E-state index in [2.05, 4.69) is 0 Å². The molecule has 0 saturated carbocycles. The summed E-state index contributed by atoms with van der Waals surface area (Å²) in [7, 11) is 0. The van der Waals surface area contributed by atoms with Crippen LogP contribution in [0.5, 0.6) is 0 Å². The van der Waals surface area contributed by atoms with Crippen molar-refractivity contribution >= 4 is 6.29 Å². The Morgan fingerprint density at radius 1 is 1.33 bits per heavy atom. The Morgan fingerprint density at radius 3 is 1.78 bits per heavy atom. The second-order valence-electron chi connectivity index (χ2n) is 1.68. The van der Waals surface area contributed by atoms with Crippen LogP contribution in [0.4, 0.5) is 0 Å². The highest BCUT2D eigenvalue weighted by Crippen LogP contribution is 1.74. The molecule has 0 aromatic carbocycles. The van der Waals surface area contributed by atoms with Gasteiger partial charge in [-0.15, -0.1) is 0 Å². The number of aliphatic hydroxyl groups is 1. The quantitative estimate of drug-likeness (QED) is 0.589. The smallest absolute Gasteiger partial charge is 0.119 e. The number of hydrogen-bond acceptors (Lipinski definition) is 2. The Hall–Kier alpha value is -0.370. The Balaban J connectivity index is 0. The largest absolute Gasteiger partial charge is 0.396 e. The molecule has 2 nitrogen and oxygen atoms in total. The van der Waals surface area contributed by atoms with E-state index >= 15 is 0 Å². The van der Waals surface area contributed by atoms with Gasteiger partial charge in [0.25, 0.3) is 0 Å². The molecule has 0 radical (unpaired) electrons. The molecule has 0 amide bonds. The zero-order valence-electron chi connectivity index (χ0n) is 6.26. The summed E-state index contributed by atoms with van der Waals surface area (Å²) >= 11 is 0. The van der Waals surface area contributed by atoms with E-state index in [0.717, 1.165) is 19.1 Å².